The fraction of sp³-hybridized carbons (Fsp3) is 0.263. The third-order valence-electron chi connectivity index (χ3n) is 4.16. The minimum atomic E-state index is 0.143. The highest BCUT2D eigenvalue weighted by Gasteiger charge is 2.24. The lowest BCUT2D eigenvalue weighted by Crippen LogP contribution is -2.30. The number of amides is 1. The Bertz CT molecular complexity index is 923. The smallest absolute Gasteiger partial charge is 0.237 e. The van der Waals surface area contributed by atoms with Crippen molar-refractivity contribution < 1.29 is 9.53 Å². The number of aromatic nitrogens is 1. The summed E-state index contributed by atoms with van der Waals surface area (Å²) in [5.41, 5.74) is 3.26. The van der Waals surface area contributed by atoms with Gasteiger partial charge in [0, 0.05) is 12.2 Å². The molecule has 2 heterocycles. The van der Waals surface area contributed by atoms with Gasteiger partial charge in [0.1, 0.15) is 5.75 Å². The van der Waals surface area contributed by atoms with Gasteiger partial charge in [-0.1, -0.05) is 30.0 Å². The van der Waals surface area contributed by atoms with Gasteiger partial charge in [0.15, 0.2) is 4.34 Å². The van der Waals surface area contributed by atoms with Crippen molar-refractivity contribution in [2.24, 2.45) is 0 Å². The molecule has 1 aliphatic rings. The Morgan fingerprint density at radius 1 is 1.32 bits per heavy atom. The summed E-state index contributed by atoms with van der Waals surface area (Å²) in [5, 5.41) is 0. The van der Waals surface area contributed by atoms with Gasteiger partial charge >= 0.3 is 0 Å². The molecule has 4 rings (SSSR count). The fourth-order valence-corrected chi connectivity index (χ4v) is 4.97. The van der Waals surface area contributed by atoms with Crippen LogP contribution < -0.4 is 9.64 Å². The van der Waals surface area contributed by atoms with E-state index in [1.165, 1.54) is 17.3 Å². The van der Waals surface area contributed by atoms with Crippen LogP contribution in [0.3, 0.4) is 0 Å². The number of nitrogens with zero attached hydrogens (tertiary/aromatic N) is 2. The van der Waals surface area contributed by atoms with Gasteiger partial charge in [-0.15, -0.1) is 11.3 Å². The van der Waals surface area contributed by atoms with Crippen LogP contribution in [0.5, 0.6) is 5.75 Å². The van der Waals surface area contributed by atoms with E-state index < -0.39 is 0 Å². The molecule has 25 heavy (non-hydrogen) atoms. The molecule has 128 valence electrons. The summed E-state index contributed by atoms with van der Waals surface area (Å²) in [5.74, 6) is 1.41. The average Bonchev–Trinajstić information content (AvgIpc) is 3.23. The molecule has 0 fully saturated rings. The van der Waals surface area contributed by atoms with Gasteiger partial charge in [0.05, 0.1) is 22.6 Å². The van der Waals surface area contributed by atoms with Crippen molar-refractivity contribution in [3.63, 3.8) is 0 Å². The van der Waals surface area contributed by atoms with Gasteiger partial charge in [-0.2, -0.15) is 0 Å². The quantitative estimate of drug-likeness (QED) is 0.625. The van der Waals surface area contributed by atoms with Crippen LogP contribution in [0.4, 0.5) is 5.69 Å². The van der Waals surface area contributed by atoms with Crippen LogP contribution in [-0.4, -0.2) is 29.8 Å². The SMILES string of the molecule is CCOc1ccc2nc(SCC(=O)N3CCc4ccccc43)sc2c1. The lowest BCUT2D eigenvalue weighted by Gasteiger charge is -2.16. The van der Waals surface area contributed by atoms with E-state index in [4.69, 9.17) is 4.74 Å². The third-order valence-corrected chi connectivity index (χ3v) is 6.30. The summed E-state index contributed by atoms with van der Waals surface area (Å²) in [6.07, 6.45) is 0.938. The van der Waals surface area contributed by atoms with Crippen molar-refractivity contribution >= 4 is 44.9 Å². The second kappa shape index (κ2) is 7.06. The van der Waals surface area contributed by atoms with E-state index in [2.05, 4.69) is 11.1 Å². The van der Waals surface area contributed by atoms with Gasteiger partial charge in [-0.05, 0) is 43.2 Å². The molecule has 2 aromatic carbocycles. The minimum Gasteiger partial charge on any atom is -0.494 e. The monoisotopic (exact) mass is 370 g/mol. The largest absolute Gasteiger partial charge is 0.494 e. The zero-order chi connectivity index (χ0) is 17.2. The van der Waals surface area contributed by atoms with Crippen molar-refractivity contribution in [2.75, 3.05) is 23.8 Å². The van der Waals surface area contributed by atoms with Gasteiger partial charge in [0.25, 0.3) is 0 Å². The Morgan fingerprint density at radius 2 is 2.20 bits per heavy atom. The lowest BCUT2D eigenvalue weighted by atomic mass is 10.2. The van der Waals surface area contributed by atoms with Crippen molar-refractivity contribution in [3.8, 4) is 5.75 Å². The molecule has 0 saturated carbocycles. The molecule has 6 heteroatoms. The van der Waals surface area contributed by atoms with Crippen LogP contribution in [0.2, 0.25) is 0 Å². The topological polar surface area (TPSA) is 42.4 Å². The average molecular weight is 370 g/mol. The Balaban J connectivity index is 1.44. The van der Waals surface area contributed by atoms with Crippen LogP contribution in [-0.2, 0) is 11.2 Å². The van der Waals surface area contributed by atoms with E-state index in [9.17, 15) is 4.79 Å². The van der Waals surface area contributed by atoms with Gasteiger partial charge in [0.2, 0.25) is 5.91 Å². The summed E-state index contributed by atoms with van der Waals surface area (Å²) < 4.78 is 7.54. The molecule has 0 spiro atoms. The maximum atomic E-state index is 12.6. The number of anilines is 1. The number of fused-ring (bicyclic) bond motifs is 2. The first-order chi connectivity index (χ1) is 12.2. The molecule has 1 amide bonds. The standard InChI is InChI=1S/C19H18N2O2S2/c1-2-23-14-7-8-15-17(11-14)25-19(20-15)24-12-18(22)21-10-9-13-5-3-4-6-16(13)21/h3-8,11H,2,9-10,12H2,1H3. The molecule has 4 nitrogen and oxygen atoms in total. The van der Waals surface area contributed by atoms with E-state index >= 15 is 0 Å². The number of hydrogen-bond donors (Lipinski definition) is 0. The van der Waals surface area contributed by atoms with Crippen molar-refractivity contribution in [1.82, 2.24) is 4.98 Å². The molecule has 1 aliphatic heterocycles. The third kappa shape index (κ3) is 3.37. The van der Waals surface area contributed by atoms with Gasteiger partial charge in [-0.25, -0.2) is 4.98 Å². The number of para-hydroxylation sites is 1. The minimum absolute atomic E-state index is 0.143. The summed E-state index contributed by atoms with van der Waals surface area (Å²) in [7, 11) is 0. The van der Waals surface area contributed by atoms with Crippen LogP contribution in [0.15, 0.2) is 46.8 Å². The first kappa shape index (κ1) is 16.4. The normalized spacial score (nSPS) is 13.2. The Labute approximate surface area is 154 Å². The first-order valence-electron chi connectivity index (χ1n) is 8.29. The summed E-state index contributed by atoms with van der Waals surface area (Å²) in [6, 6.07) is 14.1. The predicted molar refractivity (Wildman–Crippen MR) is 104 cm³/mol. The van der Waals surface area contributed by atoms with Crippen LogP contribution in [0.25, 0.3) is 10.2 Å². The molecule has 0 N–H and O–H groups in total. The zero-order valence-corrected chi connectivity index (χ0v) is 15.5. The van der Waals surface area contributed by atoms with Crippen LogP contribution >= 0.6 is 23.1 Å². The van der Waals surface area contributed by atoms with Gasteiger partial charge in [-0.3, -0.25) is 4.79 Å². The number of carbonyl (C=O) groups is 1. The fourth-order valence-electron chi connectivity index (χ4n) is 3.00. The molecule has 1 aromatic heterocycles. The number of ether oxygens (including phenoxy) is 1. The maximum absolute atomic E-state index is 12.6. The Kier molecular flexibility index (Phi) is 4.63. The van der Waals surface area contributed by atoms with Crippen LogP contribution in [0.1, 0.15) is 12.5 Å². The zero-order valence-electron chi connectivity index (χ0n) is 13.9. The van der Waals surface area contributed by atoms with E-state index in [1.807, 2.05) is 48.2 Å². The van der Waals surface area contributed by atoms with Crippen molar-refractivity contribution in [1.29, 1.82) is 0 Å². The summed E-state index contributed by atoms with van der Waals surface area (Å²) in [6.45, 7) is 3.40. The second-order valence-corrected chi connectivity index (χ2v) is 8.01. The molecular weight excluding hydrogens is 352 g/mol. The van der Waals surface area contributed by atoms with Crippen molar-refractivity contribution in [3.05, 3.63) is 48.0 Å². The predicted octanol–water partition coefficient (Wildman–Crippen LogP) is 4.38. The Hall–Kier alpha value is -2.05. The van der Waals surface area contributed by atoms with Crippen molar-refractivity contribution in [2.45, 2.75) is 17.7 Å². The highest BCUT2D eigenvalue weighted by molar-refractivity contribution is 8.01. The van der Waals surface area contributed by atoms with E-state index in [1.54, 1.807) is 11.3 Å². The summed E-state index contributed by atoms with van der Waals surface area (Å²) >= 11 is 3.12. The molecule has 0 saturated heterocycles. The van der Waals surface area contributed by atoms with E-state index in [0.717, 1.165) is 39.0 Å². The molecule has 0 atom stereocenters. The molecule has 0 unspecified atom stereocenters. The molecule has 0 aliphatic carbocycles. The number of thiazole rings is 1. The van der Waals surface area contributed by atoms with E-state index in [-0.39, 0.29) is 5.91 Å². The van der Waals surface area contributed by atoms with Gasteiger partial charge < -0.3 is 9.64 Å². The molecule has 0 radical (unpaired) electrons. The molecular formula is C19H18N2O2S2. The number of thioether (sulfide) groups is 1. The molecule has 3 aromatic rings. The highest BCUT2D eigenvalue weighted by Crippen LogP contribution is 2.33. The maximum Gasteiger partial charge on any atom is 0.237 e. The number of hydrogen-bond acceptors (Lipinski definition) is 5. The number of rotatable bonds is 5. The number of benzene rings is 2. The van der Waals surface area contributed by atoms with E-state index in [0.29, 0.717) is 12.4 Å². The lowest BCUT2D eigenvalue weighted by molar-refractivity contribution is -0.116. The van der Waals surface area contributed by atoms with Crippen LogP contribution in [0, 0.1) is 0 Å². The second-order valence-electron chi connectivity index (χ2n) is 5.76. The summed E-state index contributed by atoms with van der Waals surface area (Å²) in [4.78, 5) is 19.1. The number of carbonyl (C=O) groups excluding carboxylic acids is 1. The molecule has 0 bridgehead atoms. The first-order valence-corrected chi connectivity index (χ1v) is 10.1. The highest BCUT2D eigenvalue weighted by atomic mass is 32.2. The Morgan fingerprint density at radius 3 is 3.08 bits per heavy atom.